The number of methoxy groups -OCH3 is 3. The van der Waals surface area contributed by atoms with Crippen molar-refractivity contribution in [3.05, 3.63) is 23.3 Å². The summed E-state index contributed by atoms with van der Waals surface area (Å²) in [6.07, 6.45) is 0.926. The molecule has 1 unspecified atom stereocenters. The summed E-state index contributed by atoms with van der Waals surface area (Å²) >= 11 is 0. The van der Waals surface area contributed by atoms with Crippen LogP contribution in [0.15, 0.2) is 12.1 Å². The van der Waals surface area contributed by atoms with E-state index in [4.69, 9.17) is 19.9 Å². The maximum absolute atomic E-state index is 5.62. The van der Waals surface area contributed by atoms with E-state index in [1.165, 1.54) is 0 Å². The number of hydrogen-bond acceptors (Lipinski definition) is 4. The van der Waals surface area contributed by atoms with E-state index in [1.807, 2.05) is 12.1 Å². The first kappa shape index (κ1) is 14.8. The molecule has 0 aromatic heterocycles. The van der Waals surface area contributed by atoms with Gasteiger partial charge in [-0.15, -0.1) is 0 Å². The Hall–Kier alpha value is -1.26. The molecule has 4 nitrogen and oxygen atoms in total. The second kappa shape index (κ2) is 7.24. The van der Waals surface area contributed by atoms with Crippen LogP contribution in [0.4, 0.5) is 0 Å². The molecular weight excluding hydrogens is 230 g/mol. The lowest BCUT2D eigenvalue weighted by Crippen LogP contribution is -2.08. The van der Waals surface area contributed by atoms with Crippen LogP contribution in [0.2, 0.25) is 0 Å². The van der Waals surface area contributed by atoms with Gasteiger partial charge in [0.15, 0.2) is 0 Å². The van der Waals surface area contributed by atoms with Crippen LogP contribution in [0.3, 0.4) is 0 Å². The van der Waals surface area contributed by atoms with Crippen LogP contribution >= 0.6 is 0 Å². The topological polar surface area (TPSA) is 53.7 Å². The fourth-order valence-electron chi connectivity index (χ4n) is 2.13. The van der Waals surface area contributed by atoms with Crippen molar-refractivity contribution in [3.63, 3.8) is 0 Å². The van der Waals surface area contributed by atoms with E-state index in [-0.39, 0.29) is 0 Å². The number of nitrogens with two attached hydrogens (primary N) is 1. The zero-order valence-electron chi connectivity index (χ0n) is 11.7. The fourth-order valence-corrected chi connectivity index (χ4v) is 2.13. The molecule has 0 aliphatic heterocycles. The maximum Gasteiger partial charge on any atom is 0.131 e. The van der Waals surface area contributed by atoms with Gasteiger partial charge in [-0.05, 0) is 30.5 Å². The third kappa shape index (κ3) is 3.15. The quantitative estimate of drug-likeness (QED) is 0.810. The highest BCUT2D eigenvalue weighted by Gasteiger charge is 2.18. The van der Waals surface area contributed by atoms with E-state index in [2.05, 4.69) is 6.92 Å². The van der Waals surface area contributed by atoms with E-state index in [9.17, 15) is 0 Å². The summed E-state index contributed by atoms with van der Waals surface area (Å²) in [5.74, 6) is 1.99. The van der Waals surface area contributed by atoms with Gasteiger partial charge in [-0.25, -0.2) is 0 Å². The molecule has 1 aromatic rings. The Balaban J connectivity index is 3.23. The highest BCUT2D eigenvalue weighted by Crippen LogP contribution is 2.37. The summed E-state index contributed by atoms with van der Waals surface area (Å²) in [5.41, 5.74) is 7.72. The van der Waals surface area contributed by atoms with E-state index in [1.54, 1.807) is 21.3 Å². The molecule has 0 aliphatic rings. The van der Waals surface area contributed by atoms with Crippen molar-refractivity contribution < 1.29 is 14.2 Å². The van der Waals surface area contributed by atoms with Crippen LogP contribution in [0.25, 0.3) is 0 Å². The molecule has 1 rings (SSSR count). The van der Waals surface area contributed by atoms with Crippen LogP contribution in [0.1, 0.15) is 30.4 Å². The van der Waals surface area contributed by atoms with Crippen LogP contribution in [0.5, 0.6) is 11.5 Å². The van der Waals surface area contributed by atoms with Crippen molar-refractivity contribution >= 4 is 0 Å². The lowest BCUT2D eigenvalue weighted by molar-refractivity contribution is 0.178. The zero-order chi connectivity index (χ0) is 13.5. The van der Waals surface area contributed by atoms with Gasteiger partial charge in [-0.2, -0.15) is 0 Å². The molecular formula is C14H23NO3. The molecule has 0 aliphatic carbocycles. The Morgan fingerprint density at radius 3 is 2.39 bits per heavy atom. The Labute approximate surface area is 109 Å². The predicted octanol–water partition coefficient (Wildman–Crippen LogP) is 2.30. The highest BCUT2D eigenvalue weighted by molar-refractivity contribution is 5.51. The van der Waals surface area contributed by atoms with Gasteiger partial charge in [0.2, 0.25) is 0 Å². The first-order valence-corrected chi connectivity index (χ1v) is 6.12. The summed E-state index contributed by atoms with van der Waals surface area (Å²) in [7, 11) is 4.98. The average Bonchev–Trinajstić information content (AvgIpc) is 2.38. The summed E-state index contributed by atoms with van der Waals surface area (Å²) < 4.78 is 16.1. The molecule has 1 aromatic carbocycles. The Morgan fingerprint density at radius 2 is 1.89 bits per heavy atom. The van der Waals surface area contributed by atoms with Gasteiger partial charge >= 0.3 is 0 Å². The molecule has 0 saturated heterocycles. The molecule has 0 amide bonds. The number of benzene rings is 1. The molecule has 0 saturated carbocycles. The third-order valence-corrected chi connectivity index (χ3v) is 3.09. The summed E-state index contributed by atoms with van der Waals surface area (Å²) in [4.78, 5) is 0. The van der Waals surface area contributed by atoms with Gasteiger partial charge in [0.25, 0.3) is 0 Å². The van der Waals surface area contributed by atoms with Crippen LogP contribution in [-0.2, 0) is 11.3 Å². The van der Waals surface area contributed by atoms with Gasteiger partial charge in [-0.1, -0.05) is 13.0 Å². The molecule has 0 spiro atoms. The van der Waals surface area contributed by atoms with Crippen LogP contribution in [0, 0.1) is 0 Å². The van der Waals surface area contributed by atoms with Gasteiger partial charge in [0.1, 0.15) is 11.5 Å². The standard InChI is InChI=1S/C14H23NO3/c1-10(7-8-15)11-5-6-13(17-3)12(9-16-2)14(11)18-4/h5-6,10H,7-9,15H2,1-4H3. The molecule has 102 valence electrons. The van der Waals surface area contributed by atoms with E-state index in [0.717, 1.165) is 29.0 Å². The minimum atomic E-state index is 0.353. The van der Waals surface area contributed by atoms with Gasteiger partial charge in [0, 0.05) is 7.11 Å². The highest BCUT2D eigenvalue weighted by atomic mass is 16.5. The van der Waals surface area contributed by atoms with Crippen molar-refractivity contribution in [2.45, 2.75) is 25.9 Å². The van der Waals surface area contributed by atoms with E-state index >= 15 is 0 Å². The average molecular weight is 253 g/mol. The largest absolute Gasteiger partial charge is 0.496 e. The summed E-state index contributed by atoms with van der Waals surface area (Å²) in [5, 5.41) is 0. The normalized spacial score (nSPS) is 12.3. The zero-order valence-corrected chi connectivity index (χ0v) is 11.7. The first-order valence-electron chi connectivity index (χ1n) is 6.12. The second-order valence-corrected chi connectivity index (χ2v) is 4.28. The summed E-state index contributed by atoms with van der Waals surface area (Å²) in [6, 6.07) is 4.00. The van der Waals surface area contributed by atoms with Gasteiger partial charge < -0.3 is 19.9 Å². The first-order chi connectivity index (χ1) is 8.69. The molecule has 1 atom stereocenters. The monoisotopic (exact) mass is 253 g/mol. The maximum atomic E-state index is 5.62. The number of hydrogen-bond donors (Lipinski definition) is 1. The van der Waals surface area contributed by atoms with Crippen molar-refractivity contribution in [2.24, 2.45) is 5.73 Å². The van der Waals surface area contributed by atoms with Gasteiger partial charge in [0.05, 0.1) is 26.4 Å². The molecule has 0 bridgehead atoms. The van der Waals surface area contributed by atoms with Crippen molar-refractivity contribution in [1.82, 2.24) is 0 Å². The predicted molar refractivity (Wildman–Crippen MR) is 72.3 cm³/mol. The SMILES string of the molecule is COCc1c(OC)ccc(C(C)CCN)c1OC. The Kier molecular flexibility index (Phi) is 5.95. The van der Waals surface area contributed by atoms with Crippen molar-refractivity contribution in [2.75, 3.05) is 27.9 Å². The molecule has 0 radical (unpaired) electrons. The Bertz CT molecular complexity index is 380. The molecule has 2 N–H and O–H groups in total. The molecule has 0 heterocycles. The third-order valence-electron chi connectivity index (χ3n) is 3.09. The number of rotatable bonds is 7. The molecule has 4 heteroatoms. The second-order valence-electron chi connectivity index (χ2n) is 4.28. The van der Waals surface area contributed by atoms with Gasteiger partial charge in [-0.3, -0.25) is 0 Å². The lowest BCUT2D eigenvalue weighted by atomic mass is 9.94. The Morgan fingerprint density at radius 1 is 1.17 bits per heavy atom. The fraction of sp³-hybridized carbons (Fsp3) is 0.571. The van der Waals surface area contributed by atoms with Crippen LogP contribution < -0.4 is 15.2 Å². The van der Waals surface area contributed by atoms with Crippen molar-refractivity contribution in [1.29, 1.82) is 0 Å². The van der Waals surface area contributed by atoms with E-state index in [0.29, 0.717) is 19.1 Å². The summed E-state index contributed by atoms with van der Waals surface area (Å²) in [6.45, 7) is 3.28. The van der Waals surface area contributed by atoms with E-state index < -0.39 is 0 Å². The number of ether oxygens (including phenoxy) is 3. The molecule has 0 fully saturated rings. The van der Waals surface area contributed by atoms with Crippen molar-refractivity contribution in [3.8, 4) is 11.5 Å². The van der Waals surface area contributed by atoms with Crippen LogP contribution in [-0.4, -0.2) is 27.9 Å². The lowest BCUT2D eigenvalue weighted by Gasteiger charge is -2.20. The smallest absolute Gasteiger partial charge is 0.131 e. The minimum Gasteiger partial charge on any atom is -0.496 e. The molecule has 18 heavy (non-hydrogen) atoms. The minimum absolute atomic E-state index is 0.353.